The minimum absolute atomic E-state index is 0.288. The van der Waals surface area contributed by atoms with Crippen molar-refractivity contribution in [2.24, 2.45) is 0 Å². The van der Waals surface area contributed by atoms with Crippen LogP contribution in [0.2, 0.25) is 0 Å². The maximum Gasteiger partial charge on any atom is 0.373 e. The Balaban J connectivity index is 2.24. The van der Waals surface area contributed by atoms with E-state index < -0.39 is 46.1 Å². The molecule has 2 rings (SSSR count). The third-order valence-electron chi connectivity index (χ3n) is 2.41. The summed E-state index contributed by atoms with van der Waals surface area (Å²) in [5, 5.41) is 12.6. The molecule has 1 aliphatic rings. The molecule has 2 heterocycles. The van der Waals surface area contributed by atoms with Crippen molar-refractivity contribution in [1.29, 1.82) is 0 Å². The second-order valence-electron chi connectivity index (χ2n) is 3.60. The third kappa shape index (κ3) is 2.16. The van der Waals surface area contributed by atoms with Gasteiger partial charge in [-0.15, -0.1) is 8.98 Å². The molecule has 0 spiro atoms. The van der Waals surface area contributed by atoms with Crippen molar-refractivity contribution in [1.82, 2.24) is 15.2 Å². The Morgan fingerprint density at radius 3 is 2.67 bits per heavy atom. The number of amides is 1. The van der Waals surface area contributed by atoms with Crippen molar-refractivity contribution in [3.8, 4) is 0 Å². The molecule has 1 aromatic rings. The first kappa shape index (κ1) is 12.4. The second kappa shape index (κ2) is 4.01. The van der Waals surface area contributed by atoms with E-state index in [-0.39, 0.29) is 5.95 Å². The number of aromatic amines is 1. The largest absolute Gasteiger partial charge is 0.475 e. The molecule has 1 fully saturated rings. The third-order valence-corrected chi connectivity index (χ3v) is 3.52. The summed E-state index contributed by atoms with van der Waals surface area (Å²) in [5.41, 5.74) is 0. The van der Waals surface area contributed by atoms with Gasteiger partial charge in [-0.25, -0.2) is 4.79 Å². The van der Waals surface area contributed by atoms with Crippen LogP contribution >= 0.6 is 0 Å². The number of carbonyl (C=O) groups excluding carboxylic acids is 1. The van der Waals surface area contributed by atoms with E-state index in [1.807, 2.05) is 0 Å². The Labute approximate surface area is 99.8 Å². The second-order valence-corrected chi connectivity index (χ2v) is 5.21. The average Bonchev–Trinajstić information content (AvgIpc) is 2.81. The highest BCUT2D eigenvalue weighted by molar-refractivity contribution is 7.87. The number of hydrogen-bond acceptors (Lipinski definition) is 6. The number of carboxylic acids is 1. The number of rotatable bonds is 3. The van der Waals surface area contributed by atoms with Crippen LogP contribution in [0.1, 0.15) is 17.0 Å². The summed E-state index contributed by atoms with van der Waals surface area (Å²) in [7, 11) is -4.83. The first-order chi connectivity index (χ1) is 8.29. The molecule has 0 bridgehead atoms. The monoisotopic (exact) mass is 278 g/mol. The summed E-state index contributed by atoms with van der Waals surface area (Å²) < 4.78 is 34.1. The molecular formula is C7H7FN4O5S. The van der Waals surface area contributed by atoms with Gasteiger partial charge in [0.15, 0.2) is 0 Å². The smallest absolute Gasteiger partial charge is 0.373 e. The molecule has 1 aliphatic heterocycles. The first-order valence-corrected chi connectivity index (χ1v) is 6.13. The average molecular weight is 278 g/mol. The first-order valence-electron chi connectivity index (χ1n) is 4.68. The van der Waals surface area contributed by atoms with Crippen LogP contribution in [-0.4, -0.2) is 52.4 Å². The van der Waals surface area contributed by atoms with Gasteiger partial charge in [0.05, 0.1) is 0 Å². The van der Waals surface area contributed by atoms with E-state index in [0.29, 0.717) is 0 Å². The topological polar surface area (TPSA) is 133 Å². The van der Waals surface area contributed by atoms with Crippen LogP contribution in [0, 0.1) is 0 Å². The van der Waals surface area contributed by atoms with E-state index in [0.717, 1.165) is 4.90 Å². The highest BCUT2D eigenvalue weighted by Gasteiger charge is 2.40. The molecule has 1 unspecified atom stereocenters. The molecule has 2 N–H and O–H groups in total. The van der Waals surface area contributed by atoms with Crippen molar-refractivity contribution >= 4 is 28.0 Å². The Hall–Kier alpha value is -2.04. The number of nitrogens with zero attached hydrogens (tertiary/aromatic N) is 3. The SMILES string of the molecule is O=C(O)c1nc(N2CC(S(=O)(=O)F)CC2=O)n[nH]1. The van der Waals surface area contributed by atoms with Crippen LogP contribution in [0.4, 0.5) is 9.83 Å². The van der Waals surface area contributed by atoms with Crippen LogP contribution in [-0.2, 0) is 15.0 Å². The molecule has 18 heavy (non-hydrogen) atoms. The fourth-order valence-electron chi connectivity index (χ4n) is 1.53. The van der Waals surface area contributed by atoms with E-state index in [2.05, 4.69) is 15.2 Å². The molecule has 0 aromatic carbocycles. The van der Waals surface area contributed by atoms with Crippen molar-refractivity contribution < 1.29 is 27.0 Å². The Morgan fingerprint density at radius 1 is 1.56 bits per heavy atom. The Kier molecular flexibility index (Phi) is 2.77. The van der Waals surface area contributed by atoms with Crippen molar-refractivity contribution in [3.63, 3.8) is 0 Å². The van der Waals surface area contributed by atoms with Crippen molar-refractivity contribution in [3.05, 3.63) is 5.82 Å². The molecule has 9 nitrogen and oxygen atoms in total. The number of nitrogens with one attached hydrogen (secondary N) is 1. The lowest BCUT2D eigenvalue weighted by atomic mass is 10.4. The van der Waals surface area contributed by atoms with E-state index in [9.17, 15) is 21.9 Å². The van der Waals surface area contributed by atoms with E-state index >= 15 is 0 Å². The van der Waals surface area contributed by atoms with E-state index in [4.69, 9.17) is 5.11 Å². The molecule has 0 radical (unpaired) electrons. The zero-order valence-electron chi connectivity index (χ0n) is 8.70. The summed E-state index contributed by atoms with van der Waals surface area (Å²) in [6.07, 6.45) is -0.518. The minimum Gasteiger partial charge on any atom is -0.475 e. The number of H-pyrrole nitrogens is 1. The fraction of sp³-hybridized carbons (Fsp3) is 0.429. The van der Waals surface area contributed by atoms with E-state index in [1.54, 1.807) is 0 Å². The number of anilines is 1. The summed E-state index contributed by atoms with van der Waals surface area (Å²) in [6, 6.07) is 0. The van der Waals surface area contributed by atoms with Gasteiger partial charge in [-0.2, -0.15) is 13.4 Å². The zero-order valence-corrected chi connectivity index (χ0v) is 9.52. The van der Waals surface area contributed by atoms with E-state index in [1.165, 1.54) is 0 Å². The molecule has 0 aliphatic carbocycles. The number of halogens is 1. The Bertz CT molecular complexity index is 611. The highest BCUT2D eigenvalue weighted by atomic mass is 32.3. The van der Waals surface area contributed by atoms with Gasteiger partial charge in [0, 0.05) is 13.0 Å². The molecular weight excluding hydrogens is 271 g/mol. The molecule has 1 amide bonds. The van der Waals surface area contributed by atoms with Crippen LogP contribution in [0.5, 0.6) is 0 Å². The highest BCUT2D eigenvalue weighted by Crippen LogP contribution is 2.23. The van der Waals surface area contributed by atoms with Crippen LogP contribution in [0.15, 0.2) is 0 Å². The summed E-state index contributed by atoms with van der Waals surface area (Å²) in [6.45, 7) is -0.436. The van der Waals surface area contributed by atoms with Gasteiger partial charge in [-0.1, -0.05) is 0 Å². The van der Waals surface area contributed by atoms with Gasteiger partial charge in [0.1, 0.15) is 5.25 Å². The predicted molar refractivity (Wildman–Crippen MR) is 54.1 cm³/mol. The summed E-state index contributed by atoms with van der Waals surface area (Å²) >= 11 is 0. The lowest BCUT2D eigenvalue weighted by molar-refractivity contribution is -0.117. The number of hydrogen-bond donors (Lipinski definition) is 2. The Morgan fingerprint density at radius 2 is 2.22 bits per heavy atom. The molecule has 1 atom stereocenters. The zero-order chi connectivity index (χ0) is 13.5. The lowest BCUT2D eigenvalue weighted by Crippen LogP contribution is -2.28. The molecule has 98 valence electrons. The summed E-state index contributed by atoms with van der Waals surface area (Å²) in [5.74, 6) is -2.85. The molecule has 1 saturated heterocycles. The number of carboxylic acid groups (broad SMARTS) is 1. The molecule has 11 heteroatoms. The van der Waals surface area contributed by atoms with Crippen LogP contribution < -0.4 is 4.90 Å². The maximum atomic E-state index is 12.7. The van der Waals surface area contributed by atoms with Gasteiger partial charge < -0.3 is 5.11 Å². The van der Waals surface area contributed by atoms with Crippen LogP contribution in [0.25, 0.3) is 0 Å². The molecule has 1 aromatic heterocycles. The quantitative estimate of drug-likeness (QED) is 0.671. The van der Waals surface area contributed by atoms with Gasteiger partial charge >= 0.3 is 16.2 Å². The predicted octanol–water partition coefficient (Wildman–Crippen LogP) is -1.09. The van der Waals surface area contributed by atoms with Crippen LogP contribution in [0.3, 0.4) is 0 Å². The van der Waals surface area contributed by atoms with Gasteiger partial charge in [-0.3, -0.25) is 14.8 Å². The maximum absolute atomic E-state index is 12.7. The standard InChI is InChI=1S/C7H7FN4O5S/c8-18(16,17)3-1-4(13)12(2-3)7-9-5(6(14)15)10-11-7/h3H,1-2H2,(H,14,15)(H,9,10,11). The van der Waals surface area contributed by atoms with Gasteiger partial charge in [0.2, 0.25) is 11.7 Å². The van der Waals surface area contributed by atoms with Crippen molar-refractivity contribution in [2.75, 3.05) is 11.4 Å². The number of aromatic nitrogens is 3. The molecule has 0 saturated carbocycles. The van der Waals surface area contributed by atoms with Gasteiger partial charge in [0.25, 0.3) is 5.95 Å². The van der Waals surface area contributed by atoms with Crippen molar-refractivity contribution in [2.45, 2.75) is 11.7 Å². The normalized spacial score (nSPS) is 20.4. The summed E-state index contributed by atoms with van der Waals surface area (Å²) in [4.78, 5) is 26.3. The number of aromatic carboxylic acids is 1. The fourth-order valence-corrected chi connectivity index (χ4v) is 2.19. The lowest BCUT2D eigenvalue weighted by Gasteiger charge is -2.09. The minimum atomic E-state index is -4.83. The van der Waals surface area contributed by atoms with Gasteiger partial charge in [-0.05, 0) is 0 Å². The number of carbonyl (C=O) groups is 2.